The molecule has 0 aliphatic carbocycles. The molecule has 1 aromatic heterocycles. The Hall–Kier alpha value is -1.10. The average molecular weight is 286 g/mol. The number of nitrogens with zero attached hydrogens (tertiary/aromatic N) is 4. The molecule has 19 heavy (non-hydrogen) atoms. The van der Waals surface area contributed by atoms with E-state index in [1.54, 1.807) is 0 Å². The molecule has 1 unspecified atom stereocenters. The van der Waals surface area contributed by atoms with Crippen molar-refractivity contribution in [2.75, 3.05) is 23.8 Å². The molecule has 0 aliphatic heterocycles. The maximum atomic E-state index is 5.96. The first kappa shape index (κ1) is 16.0. The molecule has 1 atom stereocenters. The van der Waals surface area contributed by atoms with Crippen LogP contribution in [0.1, 0.15) is 41.0 Å². The largest absolute Gasteiger partial charge is 0.354 e. The Morgan fingerprint density at radius 3 is 2.42 bits per heavy atom. The van der Waals surface area contributed by atoms with Crippen LogP contribution in [-0.4, -0.2) is 34.6 Å². The normalized spacial score (nSPS) is 13.2. The fraction of sp³-hybridized carbons (Fsp3) is 0.769. The molecule has 0 amide bonds. The highest BCUT2D eigenvalue weighted by Gasteiger charge is 2.26. The lowest BCUT2D eigenvalue weighted by Crippen LogP contribution is -2.40. The van der Waals surface area contributed by atoms with E-state index in [4.69, 9.17) is 11.6 Å². The van der Waals surface area contributed by atoms with E-state index in [1.165, 1.54) is 0 Å². The summed E-state index contributed by atoms with van der Waals surface area (Å²) in [7, 11) is 1.98. The molecule has 1 aromatic rings. The molecule has 5 nitrogen and oxygen atoms in total. The zero-order chi connectivity index (χ0) is 14.6. The molecule has 1 N–H and O–H groups in total. The SMILES string of the molecule is CCCNc1nc(Cl)nc(N(C)C(C)C(C)(C)C)n1. The molecule has 0 bridgehead atoms. The topological polar surface area (TPSA) is 53.9 Å². The van der Waals surface area contributed by atoms with Crippen LogP contribution in [0.15, 0.2) is 0 Å². The van der Waals surface area contributed by atoms with Crippen LogP contribution in [0.25, 0.3) is 0 Å². The maximum Gasteiger partial charge on any atom is 0.231 e. The van der Waals surface area contributed by atoms with Crippen LogP contribution < -0.4 is 10.2 Å². The molecule has 0 saturated carbocycles. The highest BCUT2D eigenvalue weighted by molar-refractivity contribution is 6.28. The van der Waals surface area contributed by atoms with Crippen LogP contribution in [0.3, 0.4) is 0 Å². The smallest absolute Gasteiger partial charge is 0.231 e. The van der Waals surface area contributed by atoms with E-state index < -0.39 is 0 Å². The van der Waals surface area contributed by atoms with E-state index in [-0.39, 0.29) is 16.7 Å². The predicted molar refractivity (Wildman–Crippen MR) is 80.9 cm³/mol. The highest BCUT2D eigenvalue weighted by Crippen LogP contribution is 2.26. The molecular weight excluding hydrogens is 262 g/mol. The van der Waals surface area contributed by atoms with Crippen molar-refractivity contribution in [3.05, 3.63) is 5.28 Å². The van der Waals surface area contributed by atoms with Crippen LogP contribution in [0.2, 0.25) is 5.28 Å². The second-order valence-corrected chi connectivity index (χ2v) is 6.15. The minimum atomic E-state index is 0.130. The summed E-state index contributed by atoms with van der Waals surface area (Å²) in [6.45, 7) is 11.6. The Bertz CT molecular complexity index is 416. The fourth-order valence-electron chi connectivity index (χ4n) is 1.57. The van der Waals surface area contributed by atoms with Gasteiger partial charge in [0, 0.05) is 19.6 Å². The summed E-state index contributed by atoms with van der Waals surface area (Å²) in [6, 6.07) is 0.282. The number of anilines is 2. The maximum absolute atomic E-state index is 5.96. The third-order valence-corrected chi connectivity index (χ3v) is 3.45. The molecule has 1 rings (SSSR count). The van der Waals surface area contributed by atoms with E-state index >= 15 is 0 Å². The van der Waals surface area contributed by atoms with Crippen molar-refractivity contribution < 1.29 is 0 Å². The van der Waals surface area contributed by atoms with Gasteiger partial charge >= 0.3 is 0 Å². The van der Waals surface area contributed by atoms with Gasteiger partial charge in [-0.1, -0.05) is 27.7 Å². The van der Waals surface area contributed by atoms with Gasteiger partial charge in [-0.2, -0.15) is 15.0 Å². The molecule has 1 heterocycles. The number of rotatable bonds is 5. The zero-order valence-electron chi connectivity index (χ0n) is 12.7. The minimum absolute atomic E-state index is 0.130. The summed E-state index contributed by atoms with van der Waals surface area (Å²) in [6.07, 6.45) is 1.01. The van der Waals surface area contributed by atoms with E-state index in [9.17, 15) is 0 Å². The number of hydrogen-bond acceptors (Lipinski definition) is 5. The van der Waals surface area contributed by atoms with Crippen molar-refractivity contribution in [1.82, 2.24) is 15.0 Å². The Labute approximate surface area is 120 Å². The van der Waals surface area contributed by atoms with Crippen molar-refractivity contribution in [3.63, 3.8) is 0 Å². The minimum Gasteiger partial charge on any atom is -0.354 e. The second-order valence-electron chi connectivity index (χ2n) is 5.81. The fourth-order valence-corrected chi connectivity index (χ4v) is 1.72. The predicted octanol–water partition coefficient (Wildman–Crippen LogP) is 3.22. The van der Waals surface area contributed by atoms with Gasteiger partial charge in [-0.3, -0.25) is 0 Å². The zero-order valence-corrected chi connectivity index (χ0v) is 13.4. The number of nitrogens with one attached hydrogen (secondary N) is 1. The van der Waals surface area contributed by atoms with Gasteiger partial charge in [0.15, 0.2) is 0 Å². The van der Waals surface area contributed by atoms with Crippen molar-refractivity contribution in [1.29, 1.82) is 0 Å². The van der Waals surface area contributed by atoms with Gasteiger partial charge in [0.25, 0.3) is 0 Å². The summed E-state index contributed by atoms with van der Waals surface area (Å²) in [5.41, 5.74) is 0.130. The molecule has 0 aromatic carbocycles. The number of halogens is 1. The average Bonchev–Trinajstić information content (AvgIpc) is 2.32. The van der Waals surface area contributed by atoms with Crippen molar-refractivity contribution in [2.24, 2.45) is 5.41 Å². The first-order valence-corrected chi connectivity index (χ1v) is 7.01. The molecule has 0 spiro atoms. The van der Waals surface area contributed by atoms with E-state index in [2.05, 4.69) is 54.9 Å². The number of hydrogen-bond donors (Lipinski definition) is 1. The quantitative estimate of drug-likeness (QED) is 0.900. The van der Waals surface area contributed by atoms with Crippen LogP contribution in [0.5, 0.6) is 0 Å². The standard InChI is InChI=1S/C13H24ClN5/c1-7-8-15-11-16-10(14)17-12(18-11)19(6)9(2)13(3,4)5/h9H,7-8H2,1-6H3,(H,15,16,17,18). The second kappa shape index (κ2) is 6.37. The van der Waals surface area contributed by atoms with Gasteiger partial charge in [0.05, 0.1) is 0 Å². The van der Waals surface area contributed by atoms with Crippen LogP contribution >= 0.6 is 11.6 Å². The lowest BCUT2D eigenvalue weighted by molar-refractivity contribution is 0.327. The van der Waals surface area contributed by atoms with E-state index in [1.807, 2.05) is 11.9 Å². The molecule has 0 radical (unpaired) electrons. The number of aromatic nitrogens is 3. The van der Waals surface area contributed by atoms with E-state index in [0.29, 0.717) is 11.9 Å². The summed E-state index contributed by atoms with van der Waals surface area (Å²) in [4.78, 5) is 14.7. The molecule has 0 saturated heterocycles. The van der Waals surface area contributed by atoms with Gasteiger partial charge in [-0.05, 0) is 30.4 Å². The Kier molecular flexibility index (Phi) is 5.35. The molecule has 0 aliphatic rings. The summed E-state index contributed by atoms with van der Waals surface area (Å²) in [5.74, 6) is 1.13. The lowest BCUT2D eigenvalue weighted by atomic mass is 9.87. The van der Waals surface area contributed by atoms with Crippen molar-refractivity contribution >= 4 is 23.5 Å². The first-order valence-electron chi connectivity index (χ1n) is 6.64. The Morgan fingerprint density at radius 1 is 1.26 bits per heavy atom. The summed E-state index contributed by atoms with van der Waals surface area (Å²) < 4.78 is 0. The van der Waals surface area contributed by atoms with Crippen molar-refractivity contribution in [2.45, 2.75) is 47.1 Å². The van der Waals surface area contributed by atoms with Gasteiger partial charge in [0.2, 0.25) is 17.2 Å². The lowest BCUT2D eigenvalue weighted by Gasteiger charge is -2.35. The molecule has 108 valence electrons. The monoisotopic (exact) mass is 285 g/mol. The Morgan fingerprint density at radius 2 is 1.89 bits per heavy atom. The Balaban J connectivity index is 2.96. The molecule has 6 heteroatoms. The van der Waals surface area contributed by atoms with Crippen molar-refractivity contribution in [3.8, 4) is 0 Å². The van der Waals surface area contributed by atoms with Crippen LogP contribution in [0, 0.1) is 5.41 Å². The van der Waals surface area contributed by atoms with Gasteiger partial charge < -0.3 is 10.2 Å². The summed E-state index contributed by atoms with van der Waals surface area (Å²) in [5, 5.41) is 3.35. The molecule has 0 fully saturated rings. The van der Waals surface area contributed by atoms with Gasteiger partial charge in [-0.15, -0.1) is 0 Å². The van der Waals surface area contributed by atoms with Crippen LogP contribution in [0.4, 0.5) is 11.9 Å². The first-order chi connectivity index (χ1) is 8.75. The van der Waals surface area contributed by atoms with E-state index in [0.717, 1.165) is 13.0 Å². The van der Waals surface area contributed by atoms with Crippen LogP contribution in [-0.2, 0) is 0 Å². The third kappa shape index (κ3) is 4.49. The summed E-state index contributed by atoms with van der Waals surface area (Å²) >= 11 is 5.96. The third-order valence-electron chi connectivity index (χ3n) is 3.28. The van der Waals surface area contributed by atoms with Gasteiger partial charge in [0.1, 0.15) is 0 Å². The highest BCUT2D eigenvalue weighted by atomic mass is 35.5. The van der Waals surface area contributed by atoms with Gasteiger partial charge in [-0.25, -0.2) is 0 Å². The molecular formula is C13H24ClN5.